The van der Waals surface area contributed by atoms with E-state index in [1.54, 1.807) is 24.3 Å². The molecule has 1 aromatic carbocycles. The van der Waals surface area contributed by atoms with Crippen LogP contribution in [0.1, 0.15) is 53.9 Å². The molecule has 4 aliphatic rings. The van der Waals surface area contributed by atoms with Crippen LogP contribution in [-0.4, -0.2) is 28.6 Å². The average Bonchev–Trinajstić information content (AvgIpc) is 3.15. The third-order valence-electron chi connectivity index (χ3n) is 6.64. The molecule has 29 heavy (non-hydrogen) atoms. The summed E-state index contributed by atoms with van der Waals surface area (Å²) in [4.78, 5) is 23.8. The Morgan fingerprint density at radius 3 is 2.41 bits per heavy atom. The molecule has 2 amide bonds. The lowest BCUT2D eigenvalue weighted by Crippen LogP contribution is -2.48. The zero-order chi connectivity index (χ0) is 20.0. The van der Waals surface area contributed by atoms with Gasteiger partial charge in [0, 0.05) is 5.41 Å². The molecule has 0 atom stereocenters. The summed E-state index contributed by atoms with van der Waals surface area (Å²) in [6.45, 7) is -0.279. The first-order chi connectivity index (χ1) is 14.0. The number of aromatic nitrogens is 2. The number of ether oxygens (including phenoxy) is 1. The normalized spacial score (nSPS) is 29.6. The highest BCUT2D eigenvalue weighted by atomic mass is 32.1. The number of nitrogens with one attached hydrogen (secondary N) is 1. The summed E-state index contributed by atoms with van der Waals surface area (Å²) in [7, 11) is 0. The maximum Gasteiger partial charge on any atom is 0.261 e. The number of hydrogen-bond donors (Lipinski definition) is 2. The van der Waals surface area contributed by atoms with Crippen molar-refractivity contribution < 1.29 is 14.3 Å². The van der Waals surface area contributed by atoms with Crippen molar-refractivity contribution in [2.45, 2.75) is 43.9 Å². The molecule has 3 N–H and O–H groups in total. The van der Waals surface area contributed by atoms with E-state index in [2.05, 4.69) is 15.5 Å². The molecule has 4 bridgehead atoms. The van der Waals surface area contributed by atoms with Crippen LogP contribution in [0.2, 0.25) is 0 Å². The molecule has 2 aromatic rings. The molecule has 6 rings (SSSR count). The number of rotatable bonds is 6. The molecule has 152 valence electrons. The van der Waals surface area contributed by atoms with Gasteiger partial charge < -0.3 is 10.5 Å². The van der Waals surface area contributed by atoms with Gasteiger partial charge in [-0.25, -0.2) is 0 Å². The molecule has 0 spiro atoms. The van der Waals surface area contributed by atoms with Crippen molar-refractivity contribution in [3.63, 3.8) is 0 Å². The maximum atomic E-state index is 12.8. The number of para-hydroxylation sites is 1. The topological polar surface area (TPSA) is 107 Å². The Kier molecular flexibility index (Phi) is 4.53. The van der Waals surface area contributed by atoms with E-state index in [0.29, 0.717) is 16.4 Å². The maximum absolute atomic E-state index is 12.8. The summed E-state index contributed by atoms with van der Waals surface area (Å²) in [6.07, 6.45) is 7.78. The van der Waals surface area contributed by atoms with Gasteiger partial charge in [0.05, 0.1) is 5.56 Å². The van der Waals surface area contributed by atoms with E-state index >= 15 is 0 Å². The van der Waals surface area contributed by atoms with Gasteiger partial charge in [-0.3, -0.25) is 14.9 Å². The summed E-state index contributed by atoms with van der Waals surface area (Å²) in [5.74, 6) is 1.88. The molecule has 1 heterocycles. The first-order valence-electron chi connectivity index (χ1n) is 10.2. The fourth-order valence-corrected chi connectivity index (χ4v) is 6.91. The van der Waals surface area contributed by atoms with Crippen molar-refractivity contribution in [1.29, 1.82) is 0 Å². The minimum Gasteiger partial charge on any atom is -0.483 e. The van der Waals surface area contributed by atoms with Crippen molar-refractivity contribution >= 4 is 28.3 Å². The Labute approximate surface area is 173 Å². The second-order valence-electron chi connectivity index (χ2n) is 8.82. The number of primary amides is 1. The lowest BCUT2D eigenvalue weighted by atomic mass is 9.50. The van der Waals surface area contributed by atoms with Crippen LogP contribution >= 0.6 is 11.3 Å². The van der Waals surface area contributed by atoms with Crippen LogP contribution in [-0.2, 0) is 10.2 Å². The van der Waals surface area contributed by atoms with Crippen molar-refractivity contribution in [3.05, 3.63) is 34.8 Å². The highest BCUT2D eigenvalue weighted by Gasteiger charge is 2.53. The van der Waals surface area contributed by atoms with E-state index in [4.69, 9.17) is 10.5 Å². The molecule has 0 aliphatic heterocycles. The monoisotopic (exact) mass is 412 g/mol. The predicted octanol–water partition coefficient (Wildman–Crippen LogP) is 3.12. The highest BCUT2D eigenvalue weighted by molar-refractivity contribution is 7.15. The minimum absolute atomic E-state index is 0.165. The number of carbonyl (C=O) groups excluding carboxylic acids is 2. The standard InChI is InChI=1S/C21H24N4O3S/c22-17(26)11-28-16-4-2-1-3-15(16)18(27)23-20-25-24-19(29-20)21-8-12-5-13(9-21)7-14(6-12)10-21/h1-4,12-14H,5-11H2,(H2,22,26)(H,23,25,27). The van der Waals surface area contributed by atoms with Crippen LogP contribution in [0.3, 0.4) is 0 Å². The van der Waals surface area contributed by atoms with Crippen molar-refractivity contribution in [3.8, 4) is 5.75 Å². The van der Waals surface area contributed by atoms with Gasteiger partial charge in [0.2, 0.25) is 5.13 Å². The third kappa shape index (κ3) is 3.50. The number of anilines is 1. The van der Waals surface area contributed by atoms with Gasteiger partial charge in [0.25, 0.3) is 11.8 Å². The molecule has 0 saturated heterocycles. The molecule has 4 saturated carbocycles. The number of carbonyl (C=O) groups is 2. The van der Waals surface area contributed by atoms with Gasteiger partial charge in [-0.05, 0) is 68.4 Å². The van der Waals surface area contributed by atoms with Gasteiger partial charge in [-0.15, -0.1) is 10.2 Å². The van der Waals surface area contributed by atoms with E-state index < -0.39 is 5.91 Å². The molecular weight excluding hydrogens is 388 g/mol. The van der Waals surface area contributed by atoms with E-state index in [1.807, 2.05) is 0 Å². The van der Waals surface area contributed by atoms with Crippen LogP contribution in [0.25, 0.3) is 0 Å². The smallest absolute Gasteiger partial charge is 0.261 e. The van der Waals surface area contributed by atoms with E-state index in [1.165, 1.54) is 49.9 Å². The van der Waals surface area contributed by atoms with Crippen LogP contribution in [0.15, 0.2) is 24.3 Å². The average molecular weight is 413 g/mol. The minimum atomic E-state index is -0.593. The van der Waals surface area contributed by atoms with Gasteiger partial charge in [-0.1, -0.05) is 23.5 Å². The second-order valence-corrected chi connectivity index (χ2v) is 9.79. The number of hydrogen-bond acceptors (Lipinski definition) is 6. The van der Waals surface area contributed by atoms with Crippen LogP contribution in [0.5, 0.6) is 5.75 Å². The summed E-state index contributed by atoms with van der Waals surface area (Å²) in [5.41, 5.74) is 5.63. The fourth-order valence-electron chi connectivity index (χ4n) is 5.95. The number of nitrogens with zero attached hydrogens (tertiary/aromatic N) is 2. The van der Waals surface area contributed by atoms with Crippen LogP contribution in [0, 0.1) is 17.8 Å². The molecule has 7 nitrogen and oxygen atoms in total. The highest BCUT2D eigenvalue weighted by Crippen LogP contribution is 2.61. The first-order valence-corrected chi connectivity index (χ1v) is 11.0. The summed E-state index contributed by atoms with van der Waals surface area (Å²) >= 11 is 1.50. The van der Waals surface area contributed by atoms with Gasteiger partial charge in [0.15, 0.2) is 6.61 Å². The number of nitrogens with two attached hydrogens (primary N) is 1. The molecule has 4 aliphatic carbocycles. The Morgan fingerprint density at radius 1 is 1.10 bits per heavy atom. The van der Waals surface area contributed by atoms with E-state index in [0.717, 1.165) is 22.8 Å². The fraction of sp³-hybridized carbons (Fsp3) is 0.524. The molecule has 0 unspecified atom stereocenters. The predicted molar refractivity (Wildman–Crippen MR) is 109 cm³/mol. The second kappa shape index (κ2) is 7.09. The largest absolute Gasteiger partial charge is 0.483 e. The SMILES string of the molecule is NC(=O)COc1ccccc1C(=O)Nc1nnc(C23CC4CC(CC(C4)C2)C3)s1. The molecule has 0 radical (unpaired) electrons. The molecule has 4 fully saturated rings. The Balaban J connectivity index is 1.32. The lowest BCUT2D eigenvalue weighted by molar-refractivity contribution is -0.119. The Morgan fingerprint density at radius 2 is 1.76 bits per heavy atom. The first kappa shape index (κ1) is 18.5. The Bertz CT molecular complexity index is 922. The molecular formula is C21H24N4O3S. The summed E-state index contributed by atoms with van der Waals surface area (Å²) in [5, 5.41) is 13.2. The molecule has 1 aromatic heterocycles. The van der Waals surface area contributed by atoms with Crippen molar-refractivity contribution in [1.82, 2.24) is 10.2 Å². The zero-order valence-electron chi connectivity index (χ0n) is 16.1. The molecule has 8 heteroatoms. The van der Waals surface area contributed by atoms with Crippen LogP contribution < -0.4 is 15.8 Å². The Hall–Kier alpha value is -2.48. The van der Waals surface area contributed by atoms with Crippen molar-refractivity contribution in [2.24, 2.45) is 23.5 Å². The number of benzene rings is 1. The lowest BCUT2D eigenvalue weighted by Gasteiger charge is -2.55. The quantitative estimate of drug-likeness (QED) is 0.758. The summed E-state index contributed by atoms with van der Waals surface area (Å²) in [6, 6.07) is 6.77. The van der Waals surface area contributed by atoms with Gasteiger partial charge in [0.1, 0.15) is 10.8 Å². The summed E-state index contributed by atoms with van der Waals surface area (Å²) < 4.78 is 5.36. The van der Waals surface area contributed by atoms with Gasteiger partial charge >= 0.3 is 0 Å². The third-order valence-corrected chi connectivity index (χ3v) is 7.72. The number of amides is 2. The van der Waals surface area contributed by atoms with Crippen molar-refractivity contribution in [2.75, 3.05) is 11.9 Å². The van der Waals surface area contributed by atoms with E-state index in [9.17, 15) is 9.59 Å². The van der Waals surface area contributed by atoms with E-state index in [-0.39, 0.29) is 17.9 Å². The zero-order valence-corrected chi connectivity index (χ0v) is 16.9. The van der Waals surface area contributed by atoms with Gasteiger partial charge in [-0.2, -0.15) is 0 Å². The van der Waals surface area contributed by atoms with Crippen LogP contribution in [0.4, 0.5) is 5.13 Å².